The zero-order valence-corrected chi connectivity index (χ0v) is 19.2. The lowest BCUT2D eigenvalue weighted by Gasteiger charge is -2.33. The Morgan fingerprint density at radius 2 is 1.87 bits per heavy atom. The summed E-state index contributed by atoms with van der Waals surface area (Å²) in [6.45, 7) is 5.93. The topological polar surface area (TPSA) is 38.9 Å². The molecule has 0 spiro atoms. The first kappa shape index (κ1) is 21.2. The van der Waals surface area contributed by atoms with E-state index in [1.807, 2.05) is 46.5 Å². The maximum absolute atomic E-state index is 6.44. The van der Waals surface area contributed by atoms with E-state index in [-0.39, 0.29) is 0 Å². The molecule has 0 N–H and O–H groups in total. The maximum atomic E-state index is 6.44. The van der Waals surface area contributed by atoms with Gasteiger partial charge < -0.3 is 0 Å². The number of pyridine rings is 1. The molecule has 2 aromatic heterocycles. The van der Waals surface area contributed by atoms with Gasteiger partial charge in [0.25, 0.3) is 0 Å². The third kappa shape index (κ3) is 4.22. The molecule has 5 nitrogen and oxygen atoms in total. The smallest absolute Gasteiger partial charge is 0.204 e. The molecule has 1 aliphatic carbocycles. The predicted molar refractivity (Wildman–Crippen MR) is 125 cm³/mol. The van der Waals surface area contributed by atoms with Crippen molar-refractivity contribution in [3.63, 3.8) is 0 Å². The summed E-state index contributed by atoms with van der Waals surface area (Å²) in [5.41, 5.74) is 2.94. The summed E-state index contributed by atoms with van der Waals surface area (Å²) in [7, 11) is 0. The van der Waals surface area contributed by atoms with Gasteiger partial charge in [-0.2, -0.15) is 0 Å². The Bertz CT molecular complexity index is 1050. The molecule has 0 amide bonds. The van der Waals surface area contributed by atoms with Gasteiger partial charge in [-0.1, -0.05) is 43.9 Å². The number of hydrogen-bond donors (Lipinski definition) is 0. The summed E-state index contributed by atoms with van der Waals surface area (Å²) in [4.78, 5) is 6.67. The summed E-state index contributed by atoms with van der Waals surface area (Å²) < 4.78 is 4.69. The zero-order chi connectivity index (χ0) is 21.1. The van der Waals surface area contributed by atoms with Crippen LogP contribution in [0.5, 0.6) is 0 Å². The number of hydrogen-bond acceptors (Lipinski definition) is 4. The van der Waals surface area contributed by atoms with Crippen molar-refractivity contribution in [3.8, 4) is 17.1 Å². The van der Waals surface area contributed by atoms with Crippen LogP contribution in [-0.2, 0) is 6.67 Å². The number of aromatic nitrogens is 4. The molecular formula is C23H28ClN5S. The van der Waals surface area contributed by atoms with Crippen LogP contribution in [0.2, 0.25) is 5.02 Å². The lowest BCUT2D eigenvalue weighted by molar-refractivity contribution is 0.119. The molecule has 3 aromatic rings. The van der Waals surface area contributed by atoms with Gasteiger partial charge in [-0.25, -0.2) is 4.68 Å². The van der Waals surface area contributed by atoms with Gasteiger partial charge in [0, 0.05) is 29.0 Å². The average Bonchev–Trinajstić information content (AvgIpc) is 3.11. The van der Waals surface area contributed by atoms with Crippen molar-refractivity contribution in [1.82, 2.24) is 24.2 Å². The van der Waals surface area contributed by atoms with Gasteiger partial charge in [0.2, 0.25) is 4.77 Å². The van der Waals surface area contributed by atoms with Crippen molar-refractivity contribution in [1.29, 1.82) is 0 Å². The van der Waals surface area contributed by atoms with Crippen molar-refractivity contribution in [2.75, 3.05) is 6.54 Å². The summed E-state index contributed by atoms with van der Waals surface area (Å²) in [6.07, 6.45) is 10.1. The Morgan fingerprint density at radius 1 is 1.13 bits per heavy atom. The molecule has 7 heteroatoms. The SMILES string of the molecule is CCN(Cn1nc(-c2ccncc2)n(-c2cccc(Cl)c2C)c1=S)C1CCCCC1. The molecule has 1 aliphatic rings. The van der Waals surface area contributed by atoms with Crippen molar-refractivity contribution in [2.45, 2.75) is 58.7 Å². The highest BCUT2D eigenvalue weighted by molar-refractivity contribution is 7.71. The molecule has 158 valence electrons. The Kier molecular flexibility index (Phi) is 6.66. The maximum Gasteiger partial charge on any atom is 0.204 e. The van der Waals surface area contributed by atoms with Gasteiger partial charge in [-0.15, -0.1) is 5.10 Å². The number of benzene rings is 1. The van der Waals surface area contributed by atoms with E-state index in [0.717, 1.165) is 34.2 Å². The predicted octanol–water partition coefficient (Wildman–Crippen LogP) is 6.04. The van der Waals surface area contributed by atoms with Gasteiger partial charge in [0.1, 0.15) is 0 Å². The molecule has 0 radical (unpaired) electrons. The normalized spacial score (nSPS) is 15.1. The quantitative estimate of drug-likeness (QED) is 0.437. The number of nitrogens with zero attached hydrogens (tertiary/aromatic N) is 5. The van der Waals surface area contributed by atoms with Gasteiger partial charge in [-0.3, -0.25) is 14.5 Å². The lowest BCUT2D eigenvalue weighted by atomic mass is 9.94. The summed E-state index contributed by atoms with van der Waals surface area (Å²) in [5, 5.41) is 5.70. The van der Waals surface area contributed by atoms with Crippen LogP contribution in [-0.4, -0.2) is 36.8 Å². The van der Waals surface area contributed by atoms with Crippen molar-refractivity contribution < 1.29 is 0 Å². The van der Waals surface area contributed by atoms with Gasteiger partial charge in [-0.05, 0) is 68.4 Å². The van der Waals surface area contributed by atoms with Crippen LogP contribution in [0.25, 0.3) is 17.1 Å². The minimum atomic E-state index is 0.605. The second kappa shape index (κ2) is 9.41. The Balaban J connectivity index is 1.80. The molecule has 1 saturated carbocycles. The van der Waals surface area contributed by atoms with Crippen LogP contribution in [0, 0.1) is 11.7 Å². The fourth-order valence-corrected chi connectivity index (χ4v) is 4.79. The third-order valence-electron chi connectivity index (χ3n) is 6.07. The third-order valence-corrected chi connectivity index (χ3v) is 6.87. The fourth-order valence-electron chi connectivity index (χ4n) is 4.34. The second-order valence-electron chi connectivity index (χ2n) is 7.90. The van der Waals surface area contributed by atoms with E-state index in [1.165, 1.54) is 32.1 Å². The summed E-state index contributed by atoms with van der Waals surface area (Å²) in [5.74, 6) is 0.812. The highest BCUT2D eigenvalue weighted by atomic mass is 35.5. The molecule has 30 heavy (non-hydrogen) atoms. The Morgan fingerprint density at radius 3 is 2.57 bits per heavy atom. The van der Waals surface area contributed by atoms with Crippen LogP contribution in [0.1, 0.15) is 44.6 Å². The Labute approximate surface area is 188 Å². The van der Waals surface area contributed by atoms with Crippen LogP contribution in [0.4, 0.5) is 0 Å². The molecular weight excluding hydrogens is 414 g/mol. The summed E-state index contributed by atoms with van der Waals surface area (Å²) in [6, 6.07) is 10.5. The van der Waals surface area contributed by atoms with E-state index in [1.54, 1.807) is 12.4 Å². The second-order valence-corrected chi connectivity index (χ2v) is 8.67. The van der Waals surface area contributed by atoms with Crippen molar-refractivity contribution >= 4 is 23.8 Å². The van der Waals surface area contributed by atoms with Crippen molar-refractivity contribution in [3.05, 3.63) is 58.1 Å². The van der Waals surface area contributed by atoms with Crippen LogP contribution >= 0.6 is 23.8 Å². The number of rotatable bonds is 6. The van der Waals surface area contributed by atoms with Gasteiger partial charge in [0.05, 0.1) is 12.4 Å². The molecule has 0 saturated heterocycles. The van der Waals surface area contributed by atoms with Crippen LogP contribution in [0.15, 0.2) is 42.7 Å². The molecule has 2 heterocycles. The highest BCUT2D eigenvalue weighted by Gasteiger charge is 2.23. The van der Waals surface area contributed by atoms with E-state index in [9.17, 15) is 0 Å². The minimum Gasteiger partial charge on any atom is -0.282 e. The zero-order valence-electron chi connectivity index (χ0n) is 17.6. The van der Waals surface area contributed by atoms with E-state index < -0.39 is 0 Å². The molecule has 0 unspecified atom stereocenters. The van der Waals surface area contributed by atoms with E-state index in [0.29, 0.717) is 17.5 Å². The first-order valence-electron chi connectivity index (χ1n) is 10.7. The molecule has 0 aliphatic heterocycles. The first-order valence-corrected chi connectivity index (χ1v) is 11.5. The summed E-state index contributed by atoms with van der Waals surface area (Å²) >= 11 is 12.4. The molecule has 1 aromatic carbocycles. The number of halogens is 1. The standard InChI is InChI=1S/C23H28ClN5S/c1-3-27(19-8-5-4-6-9-19)16-28-23(30)29(21-11-7-10-20(24)17(21)2)22(26-28)18-12-14-25-15-13-18/h7,10-15,19H,3-6,8-9,16H2,1-2H3. The van der Waals surface area contributed by atoms with Crippen LogP contribution in [0.3, 0.4) is 0 Å². The van der Waals surface area contributed by atoms with Gasteiger partial charge in [0.15, 0.2) is 5.82 Å². The lowest BCUT2D eigenvalue weighted by Crippen LogP contribution is -2.38. The largest absolute Gasteiger partial charge is 0.282 e. The fraction of sp³-hybridized carbons (Fsp3) is 0.435. The molecule has 0 atom stereocenters. The van der Waals surface area contributed by atoms with Crippen molar-refractivity contribution in [2.24, 2.45) is 0 Å². The van der Waals surface area contributed by atoms with E-state index >= 15 is 0 Å². The van der Waals surface area contributed by atoms with E-state index in [4.69, 9.17) is 28.9 Å². The highest BCUT2D eigenvalue weighted by Crippen LogP contribution is 2.28. The molecule has 1 fully saturated rings. The first-order chi connectivity index (χ1) is 14.6. The average molecular weight is 442 g/mol. The molecule has 4 rings (SSSR count). The van der Waals surface area contributed by atoms with Gasteiger partial charge >= 0.3 is 0 Å². The minimum absolute atomic E-state index is 0.605. The van der Waals surface area contributed by atoms with Crippen LogP contribution < -0.4 is 0 Å². The Hall–Kier alpha value is -2.02. The monoisotopic (exact) mass is 441 g/mol. The van der Waals surface area contributed by atoms with E-state index in [2.05, 4.69) is 16.8 Å². The molecule has 0 bridgehead atoms.